The summed E-state index contributed by atoms with van der Waals surface area (Å²) in [4.78, 5) is 25.5. The van der Waals surface area contributed by atoms with Gasteiger partial charge in [0, 0.05) is 23.4 Å². The van der Waals surface area contributed by atoms with Crippen LogP contribution in [0.2, 0.25) is 0 Å². The van der Waals surface area contributed by atoms with Crippen LogP contribution >= 0.6 is 0 Å². The third-order valence-electron chi connectivity index (χ3n) is 3.31. The number of ether oxygens (including phenoxy) is 1. The van der Waals surface area contributed by atoms with Gasteiger partial charge in [0.25, 0.3) is 0 Å². The van der Waals surface area contributed by atoms with Crippen LogP contribution in [0.4, 0.5) is 0 Å². The second-order valence-corrected chi connectivity index (χ2v) is 4.88. The van der Waals surface area contributed by atoms with Crippen molar-refractivity contribution in [3.8, 4) is 0 Å². The first-order valence-electron chi connectivity index (χ1n) is 7.06. The molecule has 0 aliphatic carbocycles. The molecule has 0 aromatic heterocycles. The predicted molar refractivity (Wildman–Crippen MR) is 81.6 cm³/mol. The number of carbonyl (C=O) groups is 2. The number of aliphatic hydroxyl groups excluding tert-OH is 2. The molecule has 0 saturated heterocycles. The normalized spacial score (nSPS) is 12.8. The molecular formula is C15H19N3O5. The van der Waals surface area contributed by atoms with Crippen LogP contribution in [0, 0.1) is 0 Å². The van der Waals surface area contributed by atoms with Gasteiger partial charge in [0.1, 0.15) is 6.10 Å². The summed E-state index contributed by atoms with van der Waals surface area (Å²) >= 11 is 0. The molecule has 8 heteroatoms. The quantitative estimate of drug-likeness (QED) is 0.236. The van der Waals surface area contributed by atoms with Gasteiger partial charge >= 0.3 is 5.97 Å². The summed E-state index contributed by atoms with van der Waals surface area (Å²) in [6.07, 6.45) is -2.02. The van der Waals surface area contributed by atoms with E-state index in [1.807, 2.05) is 0 Å². The molecule has 8 nitrogen and oxygen atoms in total. The van der Waals surface area contributed by atoms with Gasteiger partial charge in [0.2, 0.25) is 0 Å². The van der Waals surface area contributed by atoms with Gasteiger partial charge in [-0.25, -0.2) is 0 Å². The predicted octanol–water partition coefficient (Wildman–Crippen LogP) is 1.92. The maximum absolute atomic E-state index is 11.9. The lowest BCUT2D eigenvalue weighted by Crippen LogP contribution is -2.19. The van der Waals surface area contributed by atoms with E-state index in [9.17, 15) is 19.8 Å². The van der Waals surface area contributed by atoms with Crippen molar-refractivity contribution in [1.29, 1.82) is 0 Å². The number of hydrogen-bond donors (Lipinski definition) is 2. The molecule has 2 unspecified atom stereocenters. The van der Waals surface area contributed by atoms with E-state index in [2.05, 4.69) is 14.8 Å². The highest BCUT2D eigenvalue weighted by atomic mass is 16.5. The molecule has 0 radical (unpaired) electrons. The summed E-state index contributed by atoms with van der Waals surface area (Å²) in [5.74, 6) is -0.658. The third-order valence-corrected chi connectivity index (χ3v) is 3.31. The van der Waals surface area contributed by atoms with Crippen LogP contribution in [0.3, 0.4) is 0 Å². The van der Waals surface area contributed by atoms with E-state index in [4.69, 9.17) is 5.53 Å². The number of benzene rings is 1. The minimum Gasteiger partial charge on any atom is -0.469 e. The Kier molecular flexibility index (Phi) is 7.76. The highest BCUT2D eigenvalue weighted by molar-refractivity contribution is 5.97. The monoisotopic (exact) mass is 321 g/mol. The number of Topliss-reactive ketones (excluding diaryl/α,β-unsaturated/α-hetero) is 1. The van der Waals surface area contributed by atoms with Crippen molar-refractivity contribution < 1.29 is 24.5 Å². The molecule has 1 aromatic rings. The zero-order chi connectivity index (χ0) is 17.2. The van der Waals surface area contributed by atoms with Crippen LogP contribution < -0.4 is 0 Å². The molecule has 1 rings (SSSR count). The minimum atomic E-state index is -1.14. The molecule has 2 atom stereocenters. The number of aliphatic hydroxyl groups is 2. The molecular weight excluding hydrogens is 302 g/mol. The van der Waals surface area contributed by atoms with Gasteiger partial charge in [-0.05, 0) is 17.5 Å². The number of ketones is 1. The standard InChI is InChI=1S/C15H19N3O5/c1-23-14(21)7-6-12(19)10-2-4-11(5-3-10)15(22)13(20)8-9-17-18-16/h2-5,13,15,20,22H,6-9H2,1H3. The third kappa shape index (κ3) is 6.07. The van der Waals surface area contributed by atoms with Crippen LogP contribution in [-0.2, 0) is 9.53 Å². The van der Waals surface area contributed by atoms with Crippen LogP contribution in [0.15, 0.2) is 29.4 Å². The van der Waals surface area contributed by atoms with E-state index in [0.717, 1.165) is 0 Å². The number of hydrogen-bond acceptors (Lipinski definition) is 6. The number of nitrogens with zero attached hydrogens (tertiary/aromatic N) is 3. The van der Waals surface area contributed by atoms with Crippen molar-refractivity contribution in [3.05, 3.63) is 45.8 Å². The minimum absolute atomic E-state index is 0.0117. The molecule has 0 bridgehead atoms. The lowest BCUT2D eigenvalue weighted by molar-refractivity contribution is -0.140. The van der Waals surface area contributed by atoms with Gasteiger partial charge in [0.15, 0.2) is 5.78 Å². The Morgan fingerprint density at radius 3 is 2.48 bits per heavy atom. The molecule has 0 spiro atoms. The molecule has 23 heavy (non-hydrogen) atoms. The van der Waals surface area contributed by atoms with Gasteiger partial charge in [0.05, 0.1) is 19.6 Å². The highest BCUT2D eigenvalue weighted by Gasteiger charge is 2.18. The lowest BCUT2D eigenvalue weighted by Gasteiger charge is -2.17. The first kappa shape index (κ1) is 18.6. The number of methoxy groups -OCH3 is 1. The molecule has 124 valence electrons. The average molecular weight is 321 g/mol. The zero-order valence-corrected chi connectivity index (χ0v) is 12.8. The van der Waals surface area contributed by atoms with E-state index >= 15 is 0 Å². The van der Waals surface area contributed by atoms with Crippen molar-refractivity contribution in [3.63, 3.8) is 0 Å². The number of rotatable bonds is 9. The SMILES string of the molecule is COC(=O)CCC(=O)c1ccc(C(O)C(O)CCN=[N+]=[N-])cc1. The summed E-state index contributed by atoms with van der Waals surface area (Å²) in [6.45, 7) is 0.0822. The number of carbonyl (C=O) groups excluding carboxylic acids is 2. The first-order chi connectivity index (χ1) is 11.0. The van der Waals surface area contributed by atoms with Crippen molar-refractivity contribution in [1.82, 2.24) is 0 Å². The molecule has 1 aromatic carbocycles. The topological polar surface area (TPSA) is 133 Å². The van der Waals surface area contributed by atoms with Crippen molar-refractivity contribution in [2.45, 2.75) is 31.5 Å². The van der Waals surface area contributed by atoms with E-state index in [0.29, 0.717) is 11.1 Å². The summed E-state index contributed by atoms with van der Waals surface area (Å²) < 4.78 is 4.47. The summed E-state index contributed by atoms with van der Waals surface area (Å²) in [6, 6.07) is 6.12. The summed E-state index contributed by atoms with van der Waals surface area (Å²) in [5.41, 5.74) is 9.02. The maximum Gasteiger partial charge on any atom is 0.305 e. The largest absolute Gasteiger partial charge is 0.469 e. The summed E-state index contributed by atoms with van der Waals surface area (Å²) in [7, 11) is 1.26. The fourth-order valence-corrected chi connectivity index (χ4v) is 1.94. The van der Waals surface area contributed by atoms with Crippen LogP contribution in [0.1, 0.15) is 41.3 Å². The molecule has 0 heterocycles. The molecule has 0 aliphatic heterocycles. The number of esters is 1. The molecule has 2 N–H and O–H groups in total. The molecule has 0 fully saturated rings. The average Bonchev–Trinajstić information content (AvgIpc) is 2.58. The van der Waals surface area contributed by atoms with Crippen molar-refractivity contribution in [2.24, 2.45) is 5.11 Å². The van der Waals surface area contributed by atoms with Gasteiger partial charge in [-0.1, -0.05) is 29.4 Å². The fraction of sp³-hybridized carbons (Fsp3) is 0.467. The Labute approximate surface area is 133 Å². The van der Waals surface area contributed by atoms with Crippen molar-refractivity contribution in [2.75, 3.05) is 13.7 Å². The van der Waals surface area contributed by atoms with Crippen LogP contribution in [0.25, 0.3) is 10.4 Å². The second-order valence-electron chi connectivity index (χ2n) is 4.88. The summed E-state index contributed by atoms with van der Waals surface area (Å²) in [5, 5.41) is 23.1. The van der Waals surface area contributed by atoms with Crippen molar-refractivity contribution >= 4 is 11.8 Å². The van der Waals surface area contributed by atoms with E-state index < -0.39 is 18.2 Å². The Morgan fingerprint density at radius 1 is 1.26 bits per heavy atom. The second kappa shape index (κ2) is 9.58. The van der Waals surface area contributed by atoms with Gasteiger partial charge < -0.3 is 14.9 Å². The maximum atomic E-state index is 11.9. The molecule has 0 saturated carbocycles. The molecule has 0 aliphatic rings. The van der Waals surface area contributed by atoms with E-state index in [-0.39, 0.29) is 31.6 Å². The highest BCUT2D eigenvalue weighted by Crippen LogP contribution is 2.20. The van der Waals surface area contributed by atoms with Crippen LogP contribution in [-0.4, -0.2) is 41.7 Å². The Morgan fingerprint density at radius 2 is 1.91 bits per heavy atom. The Hall–Kier alpha value is -2.41. The molecule has 0 amide bonds. The van der Waals surface area contributed by atoms with Gasteiger partial charge in [-0.3, -0.25) is 9.59 Å². The van der Waals surface area contributed by atoms with E-state index in [1.54, 1.807) is 0 Å². The first-order valence-corrected chi connectivity index (χ1v) is 7.06. The fourth-order valence-electron chi connectivity index (χ4n) is 1.94. The van der Waals surface area contributed by atoms with Gasteiger partial charge in [-0.15, -0.1) is 0 Å². The number of azide groups is 1. The zero-order valence-electron chi connectivity index (χ0n) is 12.8. The smallest absolute Gasteiger partial charge is 0.305 e. The van der Waals surface area contributed by atoms with E-state index in [1.165, 1.54) is 31.4 Å². The Bertz CT molecular complexity index is 581. The Balaban J connectivity index is 2.62. The van der Waals surface area contributed by atoms with Crippen LogP contribution in [0.5, 0.6) is 0 Å². The lowest BCUT2D eigenvalue weighted by atomic mass is 9.99. The van der Waals surface area contributed by atoms with Gasteiger partial charge in [-0.2, -0.15) is 0 Å².